The van der Waals surface area contributed by atoms with E-state index in [1.807, 2.05) is 14.0 Å². The number of likely N-dealkylation sites (tertiary alicyclic amines) is 1. The van der Waals surface area contributed by atoms with Crippen molar-refractivity contribution in [2.75, 3.05) is 25.5 Å². The van der Waals surface area contributed by atoms with Crippen molar-refractivity contribution in [3.05, 3.63) is 29.8 Å². The zero-order valence-corrected chi connectivity index (χ0v) is 14.8. The molecule has 0 spiro atoms. The average molecular weight is 340 g/mol. The van der Waals surface area contributed by atoms with Gasteiger partial charge in [0.2, 0.25) is 5.91 Å². The topological polar surface area (TPSA) is 61.4 Å². The number of nitrogens with zero attached hydrogens (tertiary/aromatic N) is 1. The van der Waals surface area contributed by atoms with Crippen molar-refractivity contribution in [2.24, 2.45) is 0 Å². The quantitative estimate of drug-likeness (QED) is 0.808. The third kappa shape index (κ3) is 5.30. The number of carbonyl (C=O) groups excluding carboxylic acids is 2. The Morgan fingerprint density at radius 1 is 1.26 bits per heavy atom. The van der Waals surface area contributed by atoms with Crippen LogP contribution in [0.1, 0.15) is 37.0 Å². The standard InChI is InChI=1S/C17H25N3O2.ClH/c1-12(20-10-4-5-16(11-20)18-3)17(22)19-15-8-6-14(7-9-15)13(2)21;/h6-9,12,16,18H,4-5,10-11H2,1-3H3,(H,19,22);1H. The summed E-state index contributed by atoms with van der Waals surface area (Å²) < 4.78 is 0. The fraction of sp³-hybridized carbons (Fsp3) is 0.529. The number of Topliss-reactive ketones (excluding diaryl/α,β-unsaturated/α-hetero) is 1. The van der Waals surface area contributed by atoms with Gasteiger partial charge in [0, 0.05) is 23.8 Å². The lowest BCUT2D eigenvalue weighted by Crippen LogP contribution is -2.51. The first-order chi connectivity index (χ1) is 10.5. The van der Waals surface area contributed by atoms with Crippen molar-refractivity contribution < 1.29 is 9.59 Å². The van der Waals surface area contributed by atoms with Crippen molar-refractivity contribution in [1.82, 2.24) is 10.2 Å². The maximum atomic E-state index is 12.4. The molecular weight excluding hydrogens is 314 g/mol. The van der Waals surface area contributed by atoms with Crippen LogP contribution in [-0.2, 0) is 4.79 Å². The number of hydrogen-bond acceptors (Lipinski definition) is 4. The van der Waals surface area contributed by atoms with Crippen molar-refractivity contribution in [3.63, 3.8) is 0 Å². The number of rotatable bonds is 5. The van der Waals surface area contributed by atoms with E-state index in [-0.39, 0.29) is 30.1 Å². The second kappa shape index (κ2) is 9.01. The Morgan fingerprint density at radius 2 is 1.91 bits per heavy atom. The summed E-state index contributed by atoms with van der Waals surface area (Å²) in [5.74, 6) is 0.0185. The fourth-order valence-electron chi connectivity index (χ4n) is 2.79. The maximum Gasteiger partial charge on any atom is 0.241 e. The number of halogens is 1. The van der Waals surface area contributed by atoms with Gasteiger partial charge in [0.05, 0.1) is 6.04 Å². The van der Waals surface area contributed by atoms with Crippen LogP contribution in [0, 0.1) is 0 Å². The molecule has 1 aliphatic heterocycles. The molecule has 0 radical (unpaired) electrons. The maximum absolute atomic E-state index is 12.4. The molecule has 6 heteroatoms. The SMILES string of the molecule is CNC1CCCN(C(C)C(=O)Nc2ccc(C(C)=O)cc2)C1.Cl. The predicted molar refractivity (Wildman–Crippen MR) is 95.4 cm³/mol. The van der Waals surface area contributed by atoms with Gasteiger partial charge in [-0.05, 0) is 64.5 Å². The van der Waals surface area contributed by atoms with E-state index in [0.29, 0.717) is 11.6 Å². The van der Waals surface area contributed by atoms with E-state index in [4.69, 9.17) is 0 Å². The van der Waals surface area contributed by atoms with Gasteiger partial charge in [0.1, 0.15) is 0 Å². The predicted octanol–water partition coefficient (Wildman–Crippen LogP) is 2.32. The highest BCUT2D eigenvalue weighted by Gasteiger charge is 2.26. The molecule has 5 nitrogen and oxygen atoms in total. The molecule has 128 valence electrons. The molecule has 0 aromatic heterocycles. The number of benzene rings is 1. The molecule has 2 atom stereocenters. The molecule has 0 aliphatic carbocycles. The lowest BCUT2D eigenvalue weighted by atomic mass is 10.0. The van der Waals surface area contributed by atoms with Gasteiger partial charge in [-0.2, -0.15) is 0 Å². The minimum absolute atomic E-state index is 0. The third-order valence-corrected chi connectivity index (χ3v) is 4.35. The number of nitrogens with one attached hydrogen (secondary N) is 2. The number of ketones is 1. The number of hydrogen-bond donors (Lipinski definition) is 2. The molecule has 1 amide bonds. The second-order valence-electron chi connectivity index (χ2n) is 5.92. The van der Waals surface area contributed by atoms with Crippen LogP contribution >= 0.6 is 12.4 Å². The molecule has 2 N–H and O–H groups in total. The number of likely N-dealkylation sites (N-methyl/N-ethyl adjacent to an activating group) is 1. The Labute approximate surface area is 144 Å². The Balaban J connectivity index is 0.00000264. The Bertz CT molecular complexity index is 533. The smallest absolute Gasteiger partial charge is 0.241 e. The lowest BCUT2D eigenvalue weighted by Gasteiger charge is -2.35. The molecule has 23 heavy (non-hydrogen) atoms. The van der Waals surface area contributed by atoms with Crippen LogP contribution in [0.2, 0.25) is 0 Å². The first kappa shape index (κ1) is 19.6. The fourth-order valence-corrected chi connectivity index (χ4v) is 2.79. The molecule has 1 saturated heterocycles. The van der Waals surface area contributed by atoms with E-state index in [1.54, 1.807) is 24.3 Å². The molecule has 2 unspecified atom stereocenters. The third-order valence-electron chi connectivity index (χ3n) is 4.35. The molecule has 0 bridgehead atoms. The van der Waals surface area contributed by atoms with Gasteiger partial charge < -0.3 is 10.6 Å². The minimum Gasteiger partial charge on any atom is -0.325 e. The molecule has 1 aromatic rings. The van der Waals surface area contributed by atoms with Gasteiger partial charge in [-0.15, -0.1) is 12.4 Å². The normalized spacial score (nSPS) is 19.5. The highest BCUT2D eigenvalue weighted by atomic mass is 35.5. The summed E-state index contributed by atoms with van der Waals surface area (Å²) in [5, 5.41) is 6.21. The number of anilines is 1. The van der Waals surface area contributed by atoms with E-state index >= 15 is 0 Å². The summed E-state index contributed by atoms with van der Waals surface area (Å²) >= 11 is 0. The van der Waals surface area contributed by atoms with E-state index in [0.717, 1.165) is 31.6 Å². The van der Waals surface area contributed by atoms with Crippen LogP contribution in [0.15, 0.2) is 24.3 Å². The molecule has 1 aliphatic rings. The van der Waals surface area contributed by atoms with Crippen LogP contribution in [0.4, 0.5) is 5.69 Å². The molecule has 1 fully saturated rings. The van der Waals surface area contributed by atoms with Crippen molar-refractivity contribution in [1.29, 1.82) is 0 Å². The van der Waals surface area contributed by atoms with E-state index < -0.39 is 0 Å². The van der Waals surface area contributed by atoms with Crippen molar-refractivity contribution >= 4 is 29.8 Å². The Kier molecular flexibility index (Phi) is 7.68. The Morgan fingerprint density at radius 3 is 2.48 bits per heavy atom. The van der Waals surface area contributed by atoms with Crippen molar-refractivity contribution in [2.45, 2.75) is 38.8 Å². The summed E-state index contributed by atoms with van der Waals surface area (Å²) in [6, 6.07) is 7.31. The van der Waals surface area contributed by atoms with Gasteiger partial charge in [-0.1, -0.05) is 0 Å². The largest absolute Gasteiger partial charge is 0.325 e. The summed E-state index contributed by atoms with van der Waals surface area (Å²) in [4.78, 5) is 25.9. The zero-order chi connectivity index (χ0) is 16.1. The van der Waals surface area contributed by atoms with Crippen LogP contribution in [-0.4, -0.2) is 48.8 Å². The lowest BCUT2D eigenvalue weighted by molar-refractivity contribution is -0.121. The van der Waals surface area contributed by atoms with Gasteiger partial charge in [0.15, 0.2) is 5.78 Å². The highest BCUT2D eigenvalue weighted by molar-refractivity contribution is 5.96. The molecule has 0 saturated carbocycles. The summed E-state index contributed by atoms with van der Waals surface area (Å²) in [6.45, 7) is 5.33. The number of carbonyl (C=O) groups is 2. The van der Waals surface area contributed by atoms with E-state index in [1.165, 1.54) is 6.92 Å². The first-order valence-electron chi connectivity index (χ1n) is 7.84. The zero-order valence-electron chi connectivity index (χ0n) is 14.0. The summed E-state index contributed by atoms with van der Waals surface area (Å²) in [6.07, 6.45) is 2.27. The van der Waals surface area contributed by atoms with Gasteiger partial charge in [-0.25, -0.2) is 0 Å². The molecule has 1 heterocycles. The summed E-state index contributed by atoms with van der Waals surface area (Å²) in [5.41, 5.74) is 1.38. The monoisotopic (exact) mass is 339 g/mol. The van der Waals surface area contributed by atoms with Gasteiger partial charge >= 0.3 is 0 Å². The number of piperidine rings is 1. The van der Waals surface area contributed by atoms with E-state index in [2.05, 4.69) is 15.5 Å². The molecular formula is C17H26ClN3O2. The second-order valence-corrected chi connectivity index (χ2v) is 5.92. The van der Waals surface area contributed by atoms with Gasteiger partial charge in [-0.3, -0.25) is 14.5 Å². The summed E-state index contributed by atoms with van der Waals surface area (Å²) in [7, 11) is 1.97. The Hall–Kier alpha value is -1.43. The average Bonchev–Trinajstić information content (AvgIpc) is 2.54. The first-order valence-corrected chi connectivity index (χ1v) is 7.84. The van der Waals surface area contributed by atoms with Crippen LogP contribution in [0.5, 0.6) is 0 Å². The molecule has 1 aromatic carbocycles. The van der Waals surface area contributed by atoms with Crippen molar-refractivity contribution in [3.8, 4) is 0 Å². The molecule has 2 rings (SSSR count). The highest BCUT2D eigenvalue weighted by Crippen LogP contribution is 2.15. The van der Waals surface area contributed by atoms with Crippen LogP contribution in [0.25, 0.3) is 0 Å². The minimum atomic E-state index is -0.163. The van der Waals surface area contributed by atoms with Gasteiger partial charge in [0.25, 0.3) is 0 Å². The van der Waals surface area contributed by atoms with Crippen LogP contribution in [0.3, 0.4) is 0 Å². The van der Waals surface area contributed by atoms with Crippen LogP contribution < -0.4 is 10.6 Å². The number of amides is 1. The van der Waals surface area contributed by atoms with E-state index in [9.17, 15) is 9.59 Å².